The van der Waals surface area contributed by atoms with Crippen molar-refractivity contribution >= 4 is 21.4 Å². The Balaban J connectivity index is 2.94. The summed E-state index contributed by atoms with van der Waals surface area (Å²) in [6.45, 7) is 1.96. The van der Waals surface area contributed by atoms with Crippen LogP contribution in [0.4, 0.5) is 0 Å². The van der Waals surface area contributed by atoms with Crippen LogP contribution >= 0.6 is 11.3 Å². The SMILES string of the molecule is CCNS(=O)(=O)c1cc(CO)cs1. The first-order valence-corrected chi connectivity index (χ1v) is 6.14. The fourth-order valence-corrected chi connectivity index (χ4v) is 3.12. The monoisotopic (exact) mass is 221 g/mol. The molecule has 0 aromatic carbocycles. The van der Waals surface area contributed by atoms with Crippen LogP contribution in [0.15, 0.2) is 15.7 Å². The minimum atomic E-state index is -3.34. The highest BCUT2D eigenvalue weighted by Gasteiger charge is 2.14. The molecular weight excluding hydrogens is 210 g/mol. The van der Waals surface area contributed by atoms with Crippen LogP contribution in [-0.4, -0.2) is 20.1 Å². The smallest absolute Gasteiger partial charge is 0.250 e. The Morgan fingerprint density at radius 2 is 2.31 bits per heavy atom. The summed E-state index contributed by atoms with van der Waals surface area (Å²) in [6.07, 6.45) is 0. The first-order chi connectivity index (χ1) is 6.10. The Kier molecular flexibility index (Phi) is 3.43. The van der Waals surface area contributed by atoms with E-state index in [0.29, 0.717) is 12.1 Å². The van der Waals surface area contributed by atoms with Crippen molar-refractivity contribution in [2.75, 3.05) is 6.54 Å². The van der Waals surface area contributed by atoms with Crippen LogP contribution in [0.1, 0.15) is 12.5 Å². The minimum Gasteiger partial charge on any atom is -0.392 e. The van der Waals surface area contributed by atoms with E-state index in [-0.39, 0.29) is 10.8 Å². The van der Waals surface area contributed by atoms with Crippen LogP contribution in [0.5, 0.6) is 0 Å². The van der Waals surface area contributed by atoms with Gasteiger partial charge in [-0.15, -0.1) is 11.3 Å². The molecule has 0 atom stereocenters. The molecule has 0 saturated carbocycles. The molecule has 1 rings (SSSR count). The van der Waals surface area contributed by atoms with Crippen molar-refractivity contribution in [2.45, 2.75) is 17.7 Å². The van der Waals surface area contributed by atoms with E-state index in [2.05, 4.69) is 4.72 Å². The fraction of sp³-hybridized carbons (Fsp3) is 0.429. The first-order valence-electron chi connectivity index (χ1n) is 3.78. The Labute approximate surface area is 81.3 Å². The van der Waals surface area contributed by atoms with Crippen LogP contribution in [0.2, 0.25) is 0 Å². The summed E-state index contributed by atoms with van der Waals surface area (Å²) in [5, 5.41) is 10.4. The van der Waals surface area contributed by atoms with Gasteiger partial charge in [-0.25, -0.2) is 13.1 Å². The van der Waals surface area contributed by atoms with Gasteiger partial charge in [0.1, 0.15) is 4.21 Å². The lowest BCUT2D eigenvalue weighted by atomic mass is 10.4. The Morgan fingerprint density at radius 1 is 1.62 bits per heavy atom. The van der Waals surface area contributed by atoms with Gasteiger partial charge < -0.3 is 5.11 Å². The van der Waals surface area contributed by atoms with E-state index in [1.54, 1.807) is 12.3 Å². The van der Waals surface area contributed by atoms with Gasteiger partial charge in [0.05, 0.1) is 6.61 Å². The number of sulfonamides is 1. The number of thiophene rings is 1. The maximum absolute atomic E-state index is 11.4. The zero-order valence-corrected chi connectivity index (χ0v) is 8.78. The highest BCUT2D eigenvalue weighted by Crippen LogP contribution is 2.19. The van der Waals surface area contributed by atoms with Crippen molar-refractivity contribution in [1.82, 2.24) is 4.72 Å². The minimum absolute atomic E-state index is 0.127. The van der Waals surface area contributed by atoms with E-state index in [9.17, 15) is 8.42 Å². The van der Waals surface area contributed by atoms with Crippen molar-refractivity contribution < 1.29 is 13.5 Å². The van der Waals surface area contributed by atoms with Gasteiger partial charge in [-0.2, -0.15) is 0 Å². The number of hydrogen-bond donors (Lipinski definition) is 2. The molecule has 0 fully saturated rings. The van der Waals surface area contributed by atoms with Gasteiger partial charge in [-0.3, -0.25) is 0 Å². The normalized spacial score (nSPS) is 11.8. The molecule has 74 valence electrons. The maximum Gasteiger partial charge on any atom is 0.250 e. The highest BCUT2D eigenvalue weighted by atomic mass is 32.2. The molecule has 0 aliphatic heterocycles. The van der Waals surface area contributed by atoms with E-state index in [4.69, 9.17) is 5.11 Å². The molecule has 1 aromatic rings. The zero-order valence-electron chi connectivity index (χ0n) is 7.15. The van der Waals surface area contributed by atoms with Crippen LogP contribution in [0.3, 0.4) is 0 Å². The lowest BCUT2D eigenvalue weighted by molar-refractivity contribution is 0.282. The summed E-state index contributed by atoms with van der Waals surface area (Å²) in [6, 6.07) is 1.47. The third-order valence-electron chi connectivity index (χ3n) is 1.41. The molecule has 0 bridgehead atoms. The van der Waals surface area contributed by atoms with E-state index >= 15 is 0 Å². The summed E-state index contributed by atoms with van der Waals surface area (Å²) >= 11 is 1.11. The molecule has 13 heavy (non-hydrogen) atoms. The Hall–Kier alpha value is -0.430. The lowest BCUT2D eigenvalue weighted by Crippen LogP contribution is -2.22. The second kappa shape index (κ2) is 4.19. The molecule has 1 heterocycles. The van der Waals surface area contributed by atoms with Crippen LogP contribution in [0.25, 0.3) is 0 Å². The van der Waals surface area contributed by atoms with Crippen LogP contribution < -0.4 is 4.72 Å². The molecular formula is C7H11NO3S2. The Bertz CT molecular complexity index is 369. The summed E-state index contributed by atoms with van der Waals surface area (Å²) in [7, 11) is -3.34. The number of rotatable bonds is 4. The fourth-order valence-electron chi connectivity index (χ4n) is 0.838. The third kappa shape index (κ3) is 2.50. The molecule has 6 heteroatoms. The number of hydrogen-bond acceptors (Lipinski definition) is 4. The predicted octanol–water partition coefficient (Wildman–Crippen LogP) is 0.539. The third-order valence-corrected chi connectivity index (χ3v) is 4.45. The summed E-state index contributed by atoms with van der Waals surface area (Å²) < 4.78 is 25.4. The maximum atomic E-state index is 11.4. The van der Waals surface area contributed by atoms with Crippen molar-refractivity contribution in [3.05, 3.63) is 17.0 Å². The van der Waals surface area contributed by atoms with Gasteiger partial charge in [-0.1, -0.05) is 6.92 Å². The topological polar surface area (TPSA) is 66.4 Å². The van der Waals surface area contributed by atoms with Crippen LogP contribution in [0, 0.1) is 0 Å². The quantitative estimate of drug-likeness (QED) is 0.779. The van der Waals surface area contributed by atoms with Crippen molar-refractivity contribution in [3.63, 3.8) is 0 Å². The molecule has 2 N–H and O–H groups in total. The van der Waals surface area contributed by atoms with Gasteiger partial charge in [0, 0.05) is 6.54 Å². The number of nitrogens with one attached hydrogen (secondary N) is 1. The number of aliphatic hydroxyl groups is 1. The average molecular weight is 221 g/mol. The first kappa shape index (κ1) is 10.6. The van der Waals surface area contributed by atoms with Gasteiger partial charge in [-0.05, 0) is 17.0 Å². The summed E-state index contributed by atoms with van der Waals surface area (Å²) in [4.78, 5) is 0. The van der Waals surface area contributed by atoms with Crippen LogP contribution in [-0.2, 0) is 16.6 Å². The van der Waals surface area contributed by atoms with Crippen molar-refractivity contribution in [1.29, 1.82) is 0 Å². The summed E-state index contributed by atoms with van der Waals surface area (Å²) in [5.74, 6) is 0. The molecule has 1 aromatic heterocycles. The molecule has 4 nitrogen and oxygen atoms in total. The molecule has 0 unspecified atom stereocenters. The molecule has 0 aliphatic carbocycles. The molecule has 0 amide bonds. The van der Waals surface area contributed by atoms with Gasteiger partial charge in [0.25, 0.3) is 0 Å². The average Bonchev–Trinajstić information content (AvgIpc) is 2.52. The van der Waals surface area contributed by atoms with E-state index in [1.807, 2.05) is 0 Å². The van der Waals surface area contributed by atoms with Crippen molar-refractivity contribution in [3.8, 4) is 0 Å². The predicted molar refractivity (Wildman–Crippen MR) is 51.1 cm³/mol. The second-order valence-corrected chi connectivity index (χ2v) is 5.34. The molecule has 0 radical (unpaired) electrons. The number of aliphatic hydroxyl groups excluding tert-OH is 1. The molecule has 0 spiro atoms. The van der Waals surface area contributed by atoms with E-state index in [0.717, 1.165) is 11.3 Å². The zero-order chi connectivity index (χ0) is 9.90. The lowest BCUT2D eigenvalue weighted by Gasteiger charge is -1.99. The van der Waals surface area contributed by atoms with Gasteiger partial charge in [0.2, 0.25) is 10.0 Å². The molecule has 0 saturated heterocycles. The highest BCUT2D eigenvalue weighted by molar-refractivity contribution is 7.91. The summed E-state index contributed by atoms with van der Waals surface area (Å²) in [5.41, 5.74) is 0.626. The van der Waals surface area contributed by atoms with E-state index < -0.39 is 10.0 Å². The standard InChI is InChI=1S/C7H11NO3S2/c1-2-8-13(10,11)7-3-6(4-9)5-12-7/h3,5,8-9H,2,4H2,1H3. The molecule has 0 aliphatic rings. The van der Waals surface area contributed by atoms with Crippen molar-refractivity contribution in [2.24, 2.45) is 0 Å². The van der Waals surface area contributed by atoms with E-state index in [1.165, 1.54) is 6.07 Å². The largest absolute Gasteiger partial charge is 0.392 e. The second-order valence-electron chi connectivity index (χ2n) is 2.43. The van der Waals surface area contributed by atoms with Gasteiger partial charge in [0.15, 0.2) is 0 Å². The van der Waals surface area contributed by atoms with Gasteiger partial charge >= 0.3 is 0 Å². The Morgan fingerprint density at radius 3 is 2.77 bits per heavy atom.